The van der Waals surface area contributed by atoms with Crippen molar-refractivity contribution in [2.75, 3.05) is 7.11 Å². The van der Waals surface area contributed by atoms with Gasteiger partial charge in [-0.2, -0.15) is 4.98 Å². The standard InChI is InChI=1S/C14H19N3O2/c1-14(2,15)8-7-12-16-13(17-19-12)10-5-4-6-11(9-10)18-3/h4-6,9H,7-8,15H2,1-3H3. The molecule has 0 amide bonds. The summed E-state index contributed by atoms with van der Waals surface area (Å²) in [4.78, 5) is 4.37. The van der Waals surface area contributed by atoms with E-state index in [1.165, 1.54) is 0 Å². The van der Waals surface area contributed by atoms with Gasteiger partial charge in [0.1, 0.15) is 5.75 Å². The lowest BCUT2D eigenvalue weighted by molar-refractivity contribution is 0.358. The molecule has 0 spiro atoms. The third-order valence-electron chi connectivity index (χ3n) is 2.78. The molecule has 0 aliphatic rings. The number of aryl methyl sites for hydroxylation is 1. The highest BCUT2D eigenvalue weighted by molar-refractivity contribution is 5.56. The predicted molar refractivity (Wildman–Crippen MR) is 72.9 cm³/mol. The van der Waals surface area contributed by atoms with Gasteiger partial charge in [-0.3, -0.25) is 0 Å². The minimum absolute atomic E-state index is 0.232. The third kappa shape index (κ3) is 3.79. The summed E-state index contributed by atoms with van der Waals surface area (Å²) < 4.78 is 10.4. The van der Waals surface area contributed by atoms with Crippen LogP contribution in [0.4, 0.5) is 0 Å². The Bertz CT molecular complexity index is 544. The van der Waals surface area contributed by atoms with E-state index in [2.05, 4.69) is 10.1 Å². The number of aromatic nitrogens is 2. The van der Waals surface area contributed by atoms with Gasteiger partial charge >= 0.3 is 0 Å². The summed E-state index contributed by atoms with van der Waals surface area (Å²) in [5, 5.41) is 3.98. The van der Waals surface area contributed by atoms with Crippen molar-refractivity contribution in [3.63, 3.8) is 0 Å². The fourth-order valence-electron chi connectivity index (χ4n) is 1.66. The van der Waals surface area contributed by atoms with Crippen molar-refractivity contribution in [2.24, 2.45) is 5.73 Å². The summed E-state index contributed by atoms with van der Waals surface area (Å²) in [5.41, 5.74) is 6.58. The Hall–Kier alpha value is -1.88. The van der Waals surface area contributed by atoms with Crippen molar-refractivity contribution < 1.29 is 9.26 Å². The second-order valence-corrected chi connectivity index (χ2v) is 5.23. The number of ether oxygens (including phenoxy) is 1. The molecular formula is C14H19N3O2. The van der Waals surface area contributed by atoms with E-state index >= 15 is 0 Å². The average molecular weight is 261 g/mol. The molecule has 2 rings (SSSR count). The average Bonchev–Trinajstić information content (AvgIpc) is 2.84. The minimum atomic E-state index is -0.232. The van der Waals surface area contributed by atoms with Gasteiger partial charge in [-0.1, -0.05) is 17.3 Å². The van der Waals surface area contributed by atoms with E-state index in [1.807, 2.05) is 38.1 Å². The zero-order chi connectivity index (χ0) is 13.9. The maximum Gasteiger partial charge on any atom is 0.227 e. The molecule has 1 aromatic carbocycles. The Morgan fingerprint density at radius 1 is 1.37 bits per heavy atom. The second-order valence-electron chi connectivity index (χ2n) is 5.23. The third-order valence-corrected chi connectivity index (χ3v) is 2.78. The maximum absolute atomic E-state index is 5.93. The fourth-order valence-corrected chi connectivity index (χ4v) is 1.66. The molecule has 0 atom stereocenters. The van der Waals surface area contributed by atoms with Crippen LogP contribution in [0.25, 0.3) is 11.4 Å². The summed E-state index contributed by atoms with van der Waals surface area (Å²) in [7, 11) is 1.63. The molecule has 1 heterocycles. The first-order valence-electron chi connectivity index (χ1n) is 6.24. The van der Waals surface area contributed by atoms with Crippen LogP contribution < -0.4 is 10.5 Å². The van der Waals surface area contributed by atoms with Crippen molar-refractivity contribution in [1.82, 2.24) is 10.1 Å². The quantitative estimate of drug-likeness (QED) is 0.894. The number of hydrogen-bond acceptors (Lipinski definition) is 5. The zero-order valence-electron chi connectivity index (χ0n) is 11.5. The number of hydrogen-bond donors (Lipinski definition) is 1. The number of rotatable bonds is 5. The largest absolute Gasteiger partial charge is 0.497 e. The van der Waals surface area contributed by atoms with Crippen LogP contribution in [0, 0.1) is 0 Å². The molecule has 0 bridgehead atoms. The van der Waals surface area contributed by atoms with Crippen LogP contribution in [-0.2, 0) is 6.42 Å². The predicted octanol–water partition coefficient (Wildman–Crippen LogP) is 2.42. The van der Waals surface area contributed by atoms with Crippen LogP contribution >= 0.6 is 0 Å². The molecule has 0 saturated heterocycles. The Balaban J connectivity index is 2.12. The van der Waals surface area contributed by atoms with E-state index < -0.39 is 0 Å². The first-order chi connectivity index (χ1) is 8.98. The van der Waals surface area contributed by atoms with E-state index in [4.69, 9.17) is 15.0 Å². The van der Waals surface area contributed by atoms with Gasteiger partial charge in [-0.05, 0) is 32.4 Å². The molecule has 0 aliphatic heterocycles. The first kappa shape index (κ1) is 13.5. The smallest absolute Gasteiger partial charge is 0.227 e. The highest BCUT2D eigenvalue weighted by Gasteiger charge is 2.14. The van der Waals surface area contributed by atoms with Crippen LogP contribution in [0.1, 0.15) is 26.2 Å². The number of benzene rings is 1. The SMILES string of the molecule is COc1cccc(-c2noc(CCC(C)(C)N)n2)c1. The van der Waals surface area contributed by atoms with Gasteiger partial charge in [0.05, 0.1) is 7.11 Å². The van der Waals surface area contributed by atoms with Crippen molar-refractivity contribution >= 4 is 0 Å². The van der Waals surface area contributed by atoms with E-state index in [9.17, 15) is 0 Å². The monoisotopic (exact) mass is 261 g/mol. The Morgan fingerprint density at radius 3 is 2.84 bits per heavy atom. The lowest BCUT2D eigenvalue weighted by atomic mass is 10.0. The van der Waals surface area contributed by atoms with Gasteiger partial charge < -0.3 is 15.0 Å². The van der Waals surface area contributed by atoms with E-state index in [0.717, 1.165) is 17.7 Å². The fraction of sp³-hybridized carbons (Fsp3) is 0.429. The van der Waals surface area contributed by atoms with Gasteiger partial charge in [0, 0.05) is 17.5 Å². The van der Waals surface area contributed by atoms with Gasteiger partial charge in [0.2, 0.25) is 11.7 Å². The summed E-state index contributed by atoms with van der Waals surface area (Å²) in [6, 6.07) is 7.57. The Morgan fingerprint density at radius 2 is 2.16 bits per heavy atom. The second kappa shape index (κ2) is 5.40. The molecule has 1 aromatic heterocycles. The minimum Gasteiger partial charge on any atom is -0.497 e. The number of nitrogens with zero attached hydrogens (tertiary/aromatic N) is 2. The molecule has 2 N–H and O–H groups in total. The molecule has 0 saturated carbocycles. The molecule has 0 aliphatic carbocycles. The zero-order valence-corrected chi connectivity index (χ0v) is 11.5. The van der Waals surface area contributed by atoms with Crippen LogP contribution in [0.3, 0.4) is 0 Å². The van der Waals surface area contributed by atoms with E-state index in [-0.39, 0.29) is 5.54 Å². The Labute approximate surface area is 112 Å². The molecule has 0 unspecified atom stereocenters. The molecule has 0 fully saturated rings. The first-order valence-corrected chi connectivity index (χ1v) is 6.24. The normalized spacial score (nSPS) is 11.6. The molecule has 5 heteroatoms. The lowest BCUT2D eigenvalue weighted by Crippen LogP contribution is -2.32. The lowest BCUT2D eigenvalue weighted by Gasteiger charge is -2.16. The highest BCUT2D eigenvalue weighted by atomic mass is 16.5. The summed E-state index contributed by atoms with van der Waals surface area (Å²) in [6.45, 7) is 3.96. The van der Waals surface area contributed by atoms with E-state index in [0.29, 0.717) is 18.1 Å². The van der Waals surface area contributed by atoms with Crippen LogP contribution in [0.5, 0.6) is 5.75 Å². The van der Waals surface area contributed by atoms with Crippen LogP contribution in [-0.4, -0.2) is 22.8 Å². The number of methoxy groups -OCH3 is 1. The van der Waals surface area contributed by atoms with Crippen molar-refractivity contribution in [2.45, 2.75) is 32.2 Å². The van der Waals surface area contributed by atoms with E-state index in [1.54, 1.807) is 7.11 Å². The summed E-state index contributed by atoms with van der Waals surface area (Å²) in [6.07, 6.45) is 1.48. The van der Waals surface area contributed by atoms with Gasteiger partial charge in [0.25, 0.3) is 0 Å². The molecule has 5 nitrogen and oxygen atoms in total. The summed E-state index contributed by atoms with van der Waals surface area (Å²) in [5.74, 6) is 1.95. The Kier molecular flexibility index (Phi) is 3.85. The van der Waals surface area contributed by atoms with Gasteiger partial charge in [0.15, 0.2) is 0 Å². The molecule has 19 heavy (non-hydrogen) atoms. The molecule has 2 aromatic rings. The summed E-state index contributed by atoms with van der Waals surface area (Å²) >= 11 is 0. The van der Waals surface area contributed by atoms with Crippen LogP contribution in [0.15, 0.2) is 28.8 Å². The maximum atomic E-state index is 5.93. The molecule has 0 radical (unpaired) electrons. The highest BCUT2D eigenvalue weighted by Crippen LogP contribution is 2.21. The van der Waals surface area contributed by atoms with Gasteiger partial charge in [-0.15, -0.1) is 0 Å². The van der Waals surface area contributed by atoms with Crippen molar-refractivity contribution in [3.8, 4) is 17.1 Å². The van der Waals surface area contributed by atoms with Gasteiger partial charge in [-0.25, -0.2) is 0 Å². The number of nitrogens with two attached hydrogens (primary N) is 1. The van der Waals surface area contributed by atoms with Crippen LogP contribution in [0.2, 0.25) is 0 Å². The van der Waals surface area contributed by atoms with Crippen molar-refractivity contribution in [3.05, 3.63) is 30.2 Å². The topological polar surface area (TPSA) is 74.2 Å². The molecule has 102 valence electrons. The van der Waals surface area contributed by atoms with Crippen molar-refractivity contribution in [1.29, 1.82) is 0 Å². The molecular weight excluding hydrogens is 242 g/mol.